The number of aromatic nitrogens is 4. The van der Waals surface area contributed by atoms with Crippen molar-refractivity contribution >= 4 is 35.0 Å². The van der Waals surface area contributed by atoms with Gasteiger partial charge in [0.15, 0.2) is 23.4 Å². The van der Waals surface area contributed by atoms with Crippen LogP contribution in [0.2, 0.25) is 0 Å². The highest BCUT2D eigenvalue weighted by atomic mass is 16.6. The number of fused-ring (bicyclic) bond motifs is 1. The van der Waals surface area contributed by atoms with Crippen LogP contribution < -0.4 is 17.0 Å². The Bertz CT molecular complexity index is 1000. The standard InChI is InChI=1S/C13H20N6O4.C4H6O6/c1-7(2)8(14)12(21)23-4-3-22-6-19-5-16-9-10(19)17-13(15)18-11(9)20;5-1(3(7)8)2(6)4(9)10/h5,7-8H,3-4,6,14H2,1-2H3,(H3,15,17,18,20);1-2,5-6H,(H,7,8)(H,9,10)/t8-;/m0./s1. The Kier molecular flexibility index (Phi) is 10.3. The smallest absolute Gasteiger partial charge is 0.335 e. The molecule has 2 rings (SSSR count). The minimum absolute atomic E-state index is 0.000790. The monoisotopic (exact) mass is 474 g/mol. The first-order chi connectivity index (χ1) is 15.4. The van der Waals surface area contributed by atoms with Crippen LogP contribution in [-0.2, 0) is 30.6 Å². The van der Waals surface area contributed by atoms with E-state index in [1.807, 2.05) is 13.8 Å². The lowest BCUT2D eigenvalue weighted by atomic mass is 10.1. The van der Waals surface area contributed by atoms with Crippen molar-refractivity contribution in [1.29, 1.82) is 0 Å². The van der Waals surface area contributed by atoms with E-state index in [2.05, 4.69) is 15.0 Å². The molecule has 0 bridgehead atoms. The van der Waals surface area contributed by atoms with Gasteiger partial charge in [-0.2, -0.15) is 4.98 Å². The molecule has 16 nitrogen and oxygen atoms in total. The van der Waals surface area contributed by atoms with E-state index in [1.165, 1.54) is 10.9 Å². The first-order valence-electron chi connectivity index (χ1n) is 9.39. The Morgan fingerprint density at radius 3 is 2.24 bits per heavy atom. The van der Waals surface area contributed by atoms with Crippen molar-refractivity contribution in [2.24, 2.45) is 11.7 Å². The Hall–Kier alpha value is -3.60. The molecule has 16 heteroatoms. The number of esters is 1. The van der Waals surface area contributed by atoms with Crippen LogP contribution in [0.25, 0.3) is 11.2 Å². The first kappa shape index (κ1) is 27.4. The Labute approximate surface area is 185 Å². The zero-order valence-electron chi connectivity index (χ0n) is 17.7. The van der Waals surface area contributed by atoms with Crippen molar-refractivity contribution in [3.05, 3.63) is 16.7 Å². The quantitative estimate of drug-likeness (QED) is 0.134. The second kappa shape index (κ2) is 12.4. The van der Waals surface area contributed by atoms with Crippen LogP contribution in [0.4, 0.5) is 5.95 Å². The van der Waals surface area contributed by atoms with Crippen LogP contribution in [0, 0.1) is 5.92 Å². The summed E-state index contributed by atoms with van der Waals surface area (Å²) in [7, 11) is 0. The number of carbonyl (C=O) groups excluding carboxylic acids is 1. The summed E-state index contributed by atoms with van der Waals surface area (Å²) >= 11 is 0. The molecule has 0 radical (unpaired) electrons. The number of nitrogens with two attached hydrogens (primary N) is 2. The molecule has 0 spiro atoms. The lowest BCUT2D eigenvalue weighted by molar-refractivity contribution is -0.165. The number of nitrogen functional groups attached to an aromatic ring is 1. The van der Waals surface area contributed by atoms with E-state index in [0.29, 0.717) is 5.65 Å². The van der Waals surface area contributed by atoms with E-state index in [9.17, 15) is 19.2 Å². The highest BCUT2D eigenvalue weighted by molar-refractivity contribution is 5.83. The van der Waals surface area contributed by atoms with Crippen molar-refractivity contribution in [3.8, 4) is 0 Å². The molecular formula is C17H26N6O10. The van der Waals surface area contributed by atoms with Gasteiger partial charge in [-0.05, 0) is 5.92 Å². The number of carboxylic acid groups (broad SMARTS) is 2. The fourth-order valence-corrected chi connectivity index (χ4v) is 2.07. The number of H-pyrrole nitrogens is 1. The van der Waals surface area contributed by atoms with Gasteiger partial charge < -0.3 is 41.4 Å². The molecule has 2 heterocycles. The predicted octanol–water partition coefficient (Wildman–Crippen LogP) is -2.92. The van der Waals surface area contributed by atoms with Gasteiger partial charge in [-0.3, -0.25) is 19.1 Å². The molecule has 3 atom stereocenters. The van der Waals surface area contributed by atoms with Gasteiger partial charge in [-0.25, -0.2) is 14.6 Å². The molecule has 2 aromatic heterocycles. The minimum Gasteiger partial charge on any atom is -0.479 e. The fraction of sp³-hybridized carbons (Fsp3) is 0.529. The van der Waals surface area contributed by atoms with Crippen molar-refractivity contribution in [2.45, 2.75) is 38.8 Å². The highest BCUT2D eigenvalue weighted by Crippen LogP contribution is 2.06. The summed E-state index contributed by atoms with van der Waals surface area (Å²) in [6.07, 6.45) is -3.11. The lowest BCUT2D eigenvalue weighted by Crippen LogP contribution is -2.39. The van der Waals surface area contributed by atoms with Gasteiger partial charge >= 0.3 is 17.9 Å². The molecule has 0 aliphatic carbocycles. The van der Waals surface area contributed by atoms with Gasteiger partial charge in [0.05, 0.1) is 12.9 Å². The number of nitrogens with one attached hydrogen (secondary N) is 1. The molecule has 0 fully saturated rings. The van der Waals surface area contributed by atoms with E-state index in [4.69, 9.17) is 41.4 Å². The van der Waals surface area contributed by atoms with Gasteiger partial charge in [0.2, 0.25) is 5.95 Å². The molecule has 0 saturated carbocycles. The molecular weight excluding hydrogens is 448 g/mol. The molecule has 0 aliphatic heterocycles. The topological polar surface area (TPSA) is 266 Å². The Morgan fingerprint density at radius 2 is 1.73 bits per heavy atom. The molecule has 184 valence electrons. The van der Waals surface area contributed by atoms with E-state index in [-0.39, 0.29) is 37.3 Å². The first-order valence-corrected chi connectivity index (χ1v) is 9.39. The number of carbonyl (C=O) groups is 3. The van der Waals surface area contributed by atoms with E-state index < -0.39 is 41.7 Å². The van der Waals surface area contributed by atoms with Crippen LogP contribution in [0.1, 0.15) is 13.8 Å². The largest absolute Gasteiger partial charge is 0.479 e. The van der Waals surface area contributed by atoms with Crippen molar-refractivity contribution in [3.63, 3.8) is 0 Å². The summed E-state index contributed by atoms with van der Waals surface area (Å²) in [5.74, 6) is -3.99. The third-order valence-electron chi connectivity index (χ3n) is 3.99. The van der Waals surface area contributed by atoms with E-state index >= 15 is 0 Å². The number of nitrogens with zero attached hydrogens (tertiary/aromatic N) is 3. The highest BCUT2D eigenvalue weighted by Gasteiger charge is 2.29. The third kappa shape index (κ3) is 8.11. The average molecular weight is 474 g/mol. The minimum atomic E-state index is -2.27. The molecule has 2 unspecified atom stereocenters. The number of aliphatic carboxylic acids is 2. The van der Waals surface area contributed by atoms with E-state index in [1.54, 1.807) is 0 Å². The molecule has 33 heavy (non-hydrogen) atoms. The summed E-state index contributed by atoms with van der Waals surface area (Å²) < 4.78 is 11.9. The van der Waals surface area contributed by atoms with Crippen molar-refractivity contribution in [2.75, 3.05) is 18.9 Å². The van der Waals surface area contributed by atoms with Gasteiger partial charge in [0.25, 0.3) is 5.56 Å². The second-order valence-corrected chi connectivity index (χ2v) is 6.88. The van der Waals surface area contributed by atoms with Gasteiger partial charge in [-0.1, -0.05) is 13.8 Å². The number of aliphatic hydroxyl groups excluding tert-OH is 2. The van der Waals surface area contributed by atoms with Gasteiger partial charge in [0.1, 0.15) is 19.4 Å². The maximum absolute atomic E-state index is 11.6. The molecule has 0 aliphatic rings. The maximum Gasteiger partial charge on any atom is 0.335 e. The number of hydrogen-bond donors (Lipinski definition) is 7. The SMILES string of the molecule is CC(C)[C@H](N)C(=O)OCCOCn1cnc2c(=O)[nH]c(N)nc21.O=C(O)C(O)C(O)C(=O)O. The van der Waals surface area contributed by atoms with Crippen molar-refractivity contribution in [1.82, 2.24) is 19.5 Å². The number of carboxylic acids is 2. The third-order valence-corrected chi connectivity index (χ3v) is 3.99. The van der Waals surface area contributed by atoms with Crippen LogP contribution in [-0.4, -0.2) is 89.3 Å². The number of anilines is 1. The number of aliphatic hydroxyl groups is 2. The molecule has 0 aromatic carbocycles. The summed E-state index contributed by atoms with van der Waals surface area (Å²) in [5, 5.41) is 32.5. The average Bonchev–Trinajstić information content (AvgIpc) is 3.14. The predicted molar refractivity (Wildman–Crippen MR) is 110 cm³/mol. The number of rotatable bonds is 10. The number of imidazole rings is 1. The summed E-state index contributed by atoms with van der Waals surface area (Å²) in [6.45, 7) is 4.04. The molecule has 0 saturated heterocycles. The molecule has 0 amide bonds. The number of ether oxygens (including phenoxy) is 2. The molecule has 9 N–H and O–H groups in total. The Balaban J connectivity index is 0.000000461. The number of hydrogen-bond acceptors (Lipinski definition) is 12. The zero-order valence-corrected chi connectivity index (χ0v) is 17.7. The van der Waals surface area contributed by atoms with Gasteiger partial charge in [-0.15, -0.1) is 0 Å². The van der Waals surface area contributed by atoms with Crippen molar-refractivity contribution < 1.29 is 44.3 Å². The zero-order chi connectivity index (χ0) is 25.3. The summed E-state index contributed by atoms with van der Waals surface area (Å²) in [6, 6.07) is -0.647. The van der Waals surface area contributed by atoms with Crippen LogP contribution in [0.5, 0.6) is 0 Å². The molecule has 2 aromatic rings. The van der Waals surface area contributed by atoms with Crippen LogP contribution in [0.15, 0.2) is 11.1 Å². The normalized spacial score (nSPS) is 13.6. The fourth-order valence-electron chi connectivity index (χ4n) is 2.07. The van der Waals surface area contributed by atoms with Crippen LogP contribution in [0.3, 0.4) is 0 Å². The second-order valence-electron chi connectivity index (χ2n) is 6.88. The lowest BCUT2D eigenvalue weighted by Gasteiger charge is -2.14. The summed E-state index contributed by atoms with van der Waals surface area (Å²) in [5.41, 5.74) is 11.2. The van der Waals surface area contributed by atoms with Gasteiger partial charge in [0, 0.05) is 0 Å². The van der Waals surface area contributed by atoms with E-state index in [0.717, 1.165) is 0 Å². The summed E-state index contributed by atoms with van der Waals surface area (Å²) in [4.78, 5) is 53.0. The maximum atomic E-state index is 11.6. The number of aromatic amines is 1. The Morgan fingerprint density at radius 1 is 1.15 bits per heavy atom. The van der Waals surface area contributed by atoms with Crippen LogP contribution >= 0.6 is 0 Å².